The van der Waals surface area contributed by atoms with E-state index in [0.29, 0.717) is 10.4 Å². The molecule has 1 heterocycles. The highest BCUT2D eigenvalue weighted by molar-refractivity contribution is 7.13. The lowest BCUT2D eigenvalue weighted by Crippen LogP contribution is -2.25. The molecular formula is C31H31F3N4O2S. The maximum Gasteiger partial charge on any atom is 0.417 e. The number of ether oxygens (including phenoxy) is 1. The fourth-order valence-electron chi connectivity index (χ4n) is 3.83. The molecule has 0 aliphatic carbocycles. The third-order valence-corrected chi connectivity index (χ3v) is 7.02. The Morgan fingerprint density at radius 2 is 1.56 bits per heavy atom. The van der Waals surface area contributed by atoms with Crippen LogP contribution >= 0.6 is 11.3 Å². The Morgan fingerprint density at radius 3 is 2.05 bits per heavy atom. The number of anilines is 1. The first-order chi connectivity index (χ1) is 19.6. The van der Waals surface area contributed by atoms with Crippen LogP contribution in [0.4, 0.5) is 18.9 Å². The van der Waals surface area contributed by atoms with Crippen molar-refractivity contribution in [1.29, 1.82) is 15.8 Å². The van der Waals surface area contributed by atoms with Crippen molar-refractivity contribution in [1.82, 2.24) is 0 Å². The molecule has 0 atom stereocenters. The Hall–Kier alpha value is -4.46. The highest BCUT2D eigenvalue weighted by Crippen LogP contribution is 2.34. The molecule has 1 aromatic heterocycles. The van der Waals surface area contributed by atoms with Crippen molar-refractivity contribution < 1.29 is 23.0 Å². The minimum atomic E-state index is -4.95. The number of rotatable bonds is 13. The molecule has 1 N–H and O–H groups in total. The summed E-state index contributed by atoms with van der Waals surface area (Å²) in [4.78, 5) is 3.47. The predicted octanol–water partition coefficient (Wildman–Crippen LogP) is 8.37. The van der Waals surface area contributed by atoms with Crippen molar-refractivity contribution in [2.45, 2.75) is 45.7 Å². The molecule has 2 rings (SSSR count). The fourth-order valence-corrected chi connectivity index (χ4v) is 4.65. The Balaban J connectivity index is 2.33. The van der Waals surface area contributed by atoms with Gasteiger partial charge in [0.15, 0.2) is 11.3 Å². The number of phenolic OH excluding ortho intramolecular Hbond substituents is 1. The van der Waals surface area contributed by atoms with E-state index in [1.165, 1.54) is 35.6 Å². The summed E-state index contributed by atoms with van der Waals surface area (Å²) < 4.78 is 46.3. The molecule has 214 valence electrons. The molecule has 41 heavy (non-hydrogen) atoms. The number of aromatic hydroxyl groups is 1. The van der Waals surface area contributed by atoms with Gasteiger partial charge in [0.25, 0.3) is 0 Å². The van der Waals surface area contributed by atoms with Crippen LogP contribution in [0.1, 0.15) is 54.8 Å². The van der Waals surface area contributed by atoms with E-state index in [2.05, 4.69) is 18.7 Å². The average molecular weight is 581 g/mol. The van der Waals surface area contributed by atoms with Crippen LogP contribution in [0, 0.1) is 34.0 Å². The first-order valence-electron chi connectivity index (χ1n) is 13.0. The maximum absolute atomic E-state index is 13.8. The predicted molar refractivity (Wildman–Crippen MR) is 156 cm³/mol. The molecule has 0 unspecified atom stereocenters. The molecule has 0 radical (unpaired) electrons. The molecule has 1 aromatic carbocycles. The van der Waals surface area contributed by atoms with Crippen molar-refractivity contribution in [3.8, 4) is 24.0 Å². The Morgan fingerprint density at radius 1 is 0.951 bits per heavy atom. The van der Waals surface area contributed by atoms with Crippen molar-refractivity contribution in [2.75, 3.05) is 25.1 Å². The molecule has 6 nitrogen and oxygen atoms in total. The summed E-state index contributed by atoms with van der Waals surface area (Å²) in [5.41, 5.74) is -1.49. The first kappa shape index (κ1) is 32.8. The average Bonchev–Trinajstić information content (AvgIpc) is 3.40. The zero-order valence-electron chi connectivity index (χ0n) is 23.1. The summed E-state index contributed by atoms with van der Waals surface area (Å²) in [7, 11) is 0.983. The van der Waals surface area contributed by atoms with Crippen LogP contribution in [0.15, 0.2) is 58.9 Å². The molecule has 10 heteroatoms. The molecule has 0 fully saturated rings. The summed E-state index contributed by atoms with van der Waals surface area (Å²) in [6.07, 6.45) is 4.73. The van der Waals surface area contributed by atoms with Gasteiger partial charge in [-0.05, 0) is 61.4 Å². The van der Waals surface area contributed by atoms with E-state index >= 15 is 0 Å². The van der Waals surface area contributed by atoms with E-state index in [1.807, 2.05) is 12.1 Å². The zero-order valence-corrected chi connectivity index (χ0v) is 23.9. The Kier molecular flexibility index (Phi) is 12.7. The quantitative estimate of drug-likeness (QED) is 0.145. The number of methoxy groups -OCH3 is 1. The highest BCUT2D eigenvalue weighted by atomic mass is 32.1. The van der Waals surface area contributed by atoms with Gasteiger partial charge in [-0.25, -0.2) is 0 Å². The summed E-state index contributed by atoms with van der Waals surface area (Å²) in [5.74, 6) is -0.609. The maximum atomic E-state index is 13.8. The van der Waals surface area contributed by atoms with Crippen LogP contribution in [-0.4, -0.2) is 31.5 Å². The normalized spacial score (nSPS) is 12.0. The number of thiophene rings is 1. The molecule has 0 saturated carbocycles. The number of unbranched alkanes of at least 4 members (excludes halogenated alkanes) is 2. The minimum absolute atomic E-state index is 0.133. The smallest absolute Gasteiger partial charge is 0.417 e. The van der Waals surface area contributed by atoms with Gasteiger partial charge in [-0.1, -0.05) is 26.7 Å². The number of hydrogen-bond donors (Lipinski definition) is 1. The number of phenols is 1. The van der Waals surface area contributed by atoms with Crippen LogP contribution in [0.25, 0.3) is 18.2 Å². The highest BCUT2D eigenvalue weighted by Gasteiger charge is 2.37. The van der Waals surface area contributed by atoms with Crippen LogP contribution in [-0.2, 0) is 4.74 Å². The number of nitriles is 3. The van der Waals surface area contributed by atoms with E-state index in [-0.39, 0.29) is 5.75 Å². The lowest BCUT2D eigenvalue weighted by molar-refractivity contribution is -0.0888. The SMILES string of the molecule is CCCCN(CCCC)c1ccc(/C=C/c2ccc(/C=C/C(=C(\C#N)C(OC)=C(C#N)C#N)C(F)(F)F)s2)c(O)c1. The van der Waals surface area contributed by atoms with Crippen LogP contribution in [0.2, 0.25) is 0 Å². The number of hydrogen-bond acceptors (Lipinski definition) is 7. The summed E-state index contributed by atoms with van der Waals surface area (Å²) in [6.45, 7) is 6.11. The molecule has 0 aliphatic heterocycles. The molecular weight excluding hydrogens is 549 g/mol. The van der Waals surface area contributed by atoms with Crippen molar-refractivity contribution in [2.24, 2.45) is 0 Å². The lowest BCUT2D eigenvalue weighted by atomic mass is 10.0. The minimum Gasteiger partial charge on any atom is -0.507 e. The second-order valence-corrected chi connectivity index (χ2v) is 10.0. The van der Waals surface area contributed by atoms with Crippen LogP contribution in [0.3, 0.4) is 0 Å². The van der Waals surface area contributed by atoms with Crippen molar-refractivity contribution >= 4 is 35.3 Å². The Labute approximate surface area is 242 Å². The summed E-state index contributed by atoms with van der Waals surface area (Å²) >= 11 is 1.20. The number of benzene rings is 1. The van der Waals surface area contributed by atoms with Gasteiger partial charge in [-0.15, -0.1) is 11.3 Å². The van der Waals surface area contributed by atoms with Gasteiger partial charge < -0.3 is 14.7 Å². The van der Waals surface area contributed by atoms with Gasteiger partial charge in [-0.3, -0.25) is 0 Å². The summed E-state index contributed by atoms with van der Waals surface area (Å²) in [5, 5.41) is 38.2. The van der Waals surface area contributed by atoms with E-state index in [4.69, 9.17) is 15.3 Å². The van der Waals surface area contributed by atoms with Crippen molar-refractivity contribution in [3.05, 3.63) is 74.2 Å². The van der Waals surface area contributed by atoms with Gasteiger partial charge >= 0.3 is 6.18 Å². The van der Waals surface area contributed by atoms with Crippen LogP contribution in [0.5, 0.6) is 5.75 Å². The monoisotopic (exact) mass is 580 g/mol. The van der Waals surface area contributed by atoms with Gasteiger partial charge in [0.2, 0.25) is 0 Å². The largest absolute Gasteiger partial charge is 0.507 e. The topological polar surface area (TPSA) is 104 Å². The zero-order chi connectivity index (χ0) is 30.4. The third-order valence-electron chi connectivity index (χ3n) is 6.00. The summed E-state index contributed by atoms with van der Waals surface area (Å²) in [6, 6.07) is 13.2. The fraction of sp³-hybridized carbons (Fsp3) is 0.323. The molecule has 0 amide bonds. The second-order valence-electron chi connectivity index (χ2n) is 8.87. The van der Waals surface area contributed by atoms with Gasteiger partial charge in [0.1, 0.15) is 29.5 Å². The number of alkyl halides is 3. The molecule has 0 saturated heterocycles. The molecule has 2 aromatic rings. The standard InChI is InChI=1S/C31H31F3N4O2S/c1-4-6-16-38(17-7-5-2)24-10-8-22(29(39)18-24)9-11-25-12-13-26(41-25)14-15-28(31(32,33)34)27(21-37)30(40-3)23(19-35)20-36/h8-15,18,39H,4-7,16-17H2,1-3H3/b11-9+,15-14+,28-27-. The third kappa shape index (κ3) is 9.31. The number of allylic oxidation sites excluding steroid dienone is 4. The van der Waals surface area contributed by atoms with E-state index in [0.717, 1.165) is 62.5 Å². The van der Waals surface area contributed by atoms with E-state index in [9.17, 15) is 23.5 Å². The van der Waals surface area contributed by atoms with E-state index < -0.39 is 28.7 Å². The Bertz CT molecular complexity index is 1420. The number of nitrogens with zero attached hydrogens (tertiary/aromatic N) is 4. The van der Waals surface area contributed by atoms with Gasteiger partial charge in [0.05, 0.1) is 12.7 Å². The molecule has 0 aliphatic rings. The second kappa shape index (κ2) is 16.0. The van der Waals surface area contributed by atoms with E-state index in [1.54, 1.807) is 30.4 Å². The van der Waals surface area contributed by atoms with Crippen molar-refractivity contribution in [3.63, 3.8) is 0 Å². The van der Waals surface area contributed by atoms with Gasteiger partial charge in [-0.2, -0.15) is 29.0 Å². The lowest BCUT2D eigenvalue weighted by Gasteiger charge is -2.25. The van der Waals surface area contributed by atoms with Crippen LogP contribution < -0.4 is 4.90 Å². The first-order valence-corrected chi connectivity index (χ1v) is 13.8. The molecule has 0 spiro atoms. The molecule has 0 bridgehead atoms. The number of halogens is 3. The van der Waals surface area contributed by atoms with Gasteiger partial charge in [0, 0.05) is 40.2 Å².